The van der Waals surface area contributed by atoms with Crippen molar-refractivity contribution in [3.63, 3.8) is 0 Å². The highest BCUT2D eigenvalue weighted by molar-refractivity contribution is 6.39. The van der Waals surface area contributed by atoms with Gasteiger partial charge in [-0.3, -0.25) is 9.59 Å². The summed E-state index contributed by atoms with van der Waals surface area (Å²) < 4.78 is 12.8. The topological polar surface area (TPSA) is 58.2 Å². The number of carbonyl (C=O) groups excluding carboxylic acids is 2. The number of rotatable bonds is 4. The summed E-state index contributed by atoms with van der Waals surface area (Å²) in [6, 6.07) is 14.9. The maximum atomic E-state index is 12.8. The van der Waals surface area contributed by atoms with E-state index in [1.807, 2.05) is 37.3 Å². The quantitative estimate of drug-likeness (QED) is 0.853. The summed E-state index contributed by atoms with van der Waals surface area (Å²) in [5, 5.41) is 5.00. The van der Waals surface area contributed by atoms with Gasteiger partial charge in [0.05, 0.1) is 0 Å². The minimum absolute atomic E-state index is 0.101. The number of nitrogens with one attached hydrogen (secondary N) is 2. The molecule has 1 unspecified atom stereocenters. The van der Waals surface area contributed by atoms with Crippen LogP contribution in [0.15, 0.2) is 54.6 Å². The molecule has 0 aliphatic carbocycles. The van der Waals surface area contributed by atoms with Crippen molar-refractivity contribution in [1.82, 2.24) is 5.32 Å². The second-order valence-electron chi connectivity index (χ2n) is 4.98. The molecule has 0 saturated heterocycles. The highest BCUT2D eigenvalue weighted by atomic mass is 19.1. The van der Waals surface area contributed by atoms with Crippen molar-refractivity contribution in [3.05, 3.63) is 66.0 Å². The molecular weight excluding hydrogens is 283 g/mol. The number of amides is 2. The van der Waals surface area contributed by atoms with Crippen molar-refractivity contribution in [2.24, 2.45) is 0 Å². The van der Waals surface area contributed by atoms with Gasteiger partial charge in [-0.15, -0.1) is 0 Å². The maximum Gasteiger partial charge on any atom is 0.313 e. The molecule has 114 valence electrons. The largest absolute Gasteiger partial charge is 0.347 e. The summed E-state index contributed by atoms with van der Waals surface area (Å²) >= 11 is 0. The molecule has 0 spiro atoms. The van der Waals surface area contributed by atoms with Gasteiger partial charge >= 0.3 is 11.8 Å². The Morgan fingerprint density at radius 3 is 2.27 bits per heavy atom. The van der Waals surface area contributed by atoms with Crippen molar-refractivity contribution >= 4 is 17.5 Å². The molecule has 22 heavy (non-hydrogen) atoms. The lowest BCUT2D eigenvalue weighted by Gasteiger charge is -2.13. The fourth-order valence-electron chi connectivity index (χ4n) is 1.95. The van der Waals surface area contributed by atoms with E-state index >= 15 is 0 Å². The molecule has 2 aromatic rings. The van der Waals surface area contributed by atoms with Gasteiger partial charge in [-0.25, -0.2) is 4.39 Å². The lowest BCUT2D eigenvalue weighted by Crippen LogP contribution is -2.37. The predicted octanol–water partition coefficient (Wildman–Crippen LogP) is 2.68. The van der Waals surface area contributed by atoms with Crippen LogP contribution in [0.4, 0.5) is 10.1 Å². The van der Waals surface area contributed by atoms with Gasteiger partial charge in [0.15, 0.2) is 0 Å². The first-order valence-corrected chi connectivity index (χ1v) is 6.96. The zero-order valence-electron chi connectivity index (χ0n) is 12.2. The van der Waals surface area contributed by atoms with Crippen molar-refractivity contribution in [1.29, 1.82) is 0 Å². The molecule has 0 fully saturated rings. The standard InChI is InChI=1S/C17H17FN2O2/c1-12(13-5-3-2-4-6-13)11-19-16(21)17(22)20-15-9-7-14(18)8-10-15/h2-10,12H,11H2,1H3,(H,19,21)(H,20,22). The van der Waals surface area contributed by atoms with Crippen molar-refractivity contribution < 1.29 is 14.0 Å². The molecule has 4 nitrogen and oxygen atoms in total. The van der Waals surface area contributed by atoms with Crippen LogP contribution in [0.1, 0.15) is 18.4 Å². The van der Waals surface area contributed by atoms with Gasteiger partial charge in [0, 0.05) is 12.2 Å². The zero-order chi connectivity index (χ0) is 15.9. The summed E-state index contributed by atoms with van der Waals surface area (Å²) in [6.07, 6.45) is 0. The van der Waals surface area contributed by atoms with E-state index < -0.39 is 17.6 Å². The Labute approximate surface area is 128 Å². The molecule has 0 saturated carbocycles. The smallest absolute Gasteiger partial charge is 0.313 e. The van der Waals surface area contributed by atoms with Gasteiger partial charge in [-0.1, -0.05) is 37.3 Å². The molecule has 0 heterocycles. The number of halogens is 1. The number of anilines is 1. The van der Waals surface area contributed by atoms with E-state index in [4.69, 9.17) is 0 Å². The van der Waals surface area contributed by atoms with E-state index in [1.54, 1.807) is 0 Å². The lowest BCUT2D eigenvalue weighted by molar-refractivity contribution is -0.136. The fourth-order valence-corrected chi connectivity index (χ4v) is 1.95. The molecule has 0 radical (unpaired) electrons. The molecule has 0 aliphatic heterocycles. The molecule has 0 aromatic heterocycles. The van der Waals surface area contributed by atoms with Gasteiger partial charge in [0.25, 0.3) is 0 Å². The molecule has 5 heteroatoms. The third kappa shape index (κ3) is 4.41. The fraction of sp³-hybridized carbons (Fsp3) is 0.176. The molecule has 2 rings (SSSR count). The van der Waals surface area contributed by atoms with Crippen LogP contribution in [0.5, 0.6) is 0 Å². The monoisotopic (exact) mass is 300 g/mol. The normalized spacial score (nSPS) is 11.5. The number of hydrogen-bond acceptors (Lipinski definition) is 2. The van der Waals surface area contributed by atoms with Crippen LogP contribution in [0.25, 0.3) is 0 Å². The summed E-state index contributed by atoms with van der Waals surface area (Å²) in [7, 11) is 0. The predicted molar refractivity (Wildman–Crippen MR) is 82.9 cm³/mol. The average Bonchev–Trinajstić information content (AvgIpc) is 2.55. The van der Waals surface area contributed by atoms with Crippen LogP contribution in [0, 0.1) is 5.82 Å². The summed E-state index contributed by atoms with van der Waals surface area (Å²) in [5.41, 5.74) is 1.46. The first-order valence-electron chi connectivity index (χ1n) is 6.96. The van der Waals surface area contributed by atoms with Gasteiger partial charge in [0.1, 0.15) is 5.82 Å². The highest BCUT2D eigenvalue weighted by Crippen LogP contribution is 2.13. The molecule has 2 amide bonds. The second kappa shape index (κ2) is 7.36. The van der Waals surface area contributed by atoms with E-state index in [9.17, 15) is 14.0 Å². The van der Waals surface area contributed by atoms with Crippen LogP contribution in [0.2, 0.25) is 0 Å². The van der Waals surface area contributed by atoms with Crippen molar-refractivity contribution in [3.8, 4) is 0 Å². The molecule has 2 N–H and O–H groups in total. The van der Waals surface area contributed by atoms with E-state index in [-0.39, 0.29) is 5.92 Å². The summed E-state index contributed by atoms with van der Waals surface area (Å²) in [4.78, 5) is 23.5. The van der Waals surface area contributed by atoms with E-state index in [0.717, 1.165) is 5.56 Å². The Morgan fingerprint density at radius 1 is 1.00 bits per heavy atom. The van der Waals surface area contributed by atoms with Gasteiger partial charge in [-0.2, -0.15) is 0 Å². The summed E-state index contributed by atoms with van der Waals surface area (Å²) in [6.45, 7) is 2.33. The van der Waals surface area contributed by atoms with Crippen LogP contribution in [-0.4, -0.2) is 18.4 Å². The Bertz CT molecular complexity index is 641. The van der Waals surface area contributed by atoms with E-state index in [1.165, 1.54) is 24.3 Å². The minimum atomic E-state index is -0.771. The molecule has 0 bridgehead atoms. The van der Waals surface area contributed by atoms with Crippen LogP contribution in [0.3, 0.4) is 0 Å². The first kappa shape index (κ1) is 15.7. The lowest BCUT2D eigenvalue weighted by atomic mass is 10.0. The van der Waals surface area contributed by atoms with Crippen LogP contribution in [-0.2, 0) is 9.59 Å². The Balaban J connectivity index is 1.84. The summed E-state index contributed by atoms with van der Waals surface area (Å²) in [5.74, 6) is -1.79. The third-order valence-corrected chi connectivity index (χ3v) is 3.25. The van der Waals surface area contributed by atoms with Crippen molar-refractivity contribution in [2.75, 3.05) is 11.9 Å². The van der Waals surface area contributed by atoms with Crippen LogP contribution < -0.4 is 10.6 Å². The van der Waals surface area contributed by atoms with Gasteiger partial charge in [0.2, 0.25) is 0 Å². The third-order valence-electron chi connectivity index (χ3n) is 3.25. The molecule has 2 aromatic carbocycles. The zero-order valence-corrected chi connectivity index (χ0v) is 12.2. The minimum Gasteiger partial charge on any atom is -0.347 e. The Kier molecular flexibility index (Phi) is 5.25. The average molecular weight is 300 g/mol. The van der Waals surface area contributed by atoms with Crippen molar-refractivity contribution in [2.45, 2.75) is 12.8 Å². The highest BCUT2D eigenvalue weighted by Gasteiger charge is 2.15. The van der Waals surface area contributed by atoms with E-state index in [0.29, 0.717) is 12.2 Å². The number of carbonyl (C=O) groups is 2. The SMILES string of the molecule is CC(CNC(=O)C(=O)Nc1ccc(F)cc1)c1ccccc1. The second-order valence-corrected chi connectivity index (χ2v) is 4.98. The molecule has 0 aliphatic rings. The number of benzene rings is 2. The van der Waals surface area contributed by atoms with Gasteiger partial charge in [-0.05, 0) is 35.7 Å². The maximum absolute atomic E-state index is 12.8. The first-order chi connectivity index (χ1) is 10.6. The van der Waals surface area contributed by atoms with Crippen LogP contribution >= 0.6 is 0 Å². The van der Waals surface area contributed by atoms with Gasteiger partial charge < -0.3 is 10.6 Å². The van der Waals surface area contributed by atoms with E-state index in [2.05, 4.69) is 10.6 Å². The Morgan fingerprint density at radius 2 is 1.64 bits per heavy atom. The molecular formula is C17H17FN2O2. The number of hydrogen-bond donors (Lipinski definition) is 2. The Hall–Kier alpha value is -2.69. The molecule has 1 atom stereocenters.